The maximum absolute atomic E-state index is 13.9. The highest BCUT2D eigenvalue weighted by atomic mass is 35.5. The summed E-state index contributed by atoms with van der Waals surface area (Å²) in [6.45, 7) is 0. The first kappa shape index (κ1) is 21.0. The minimum absolute atomic E-state index is 0.147. The molecule has 1 amide bonds. The first-order chi connectivity index (χ1) is 16.4. The normalized spacial score (nSPS) is 17.8. The predicted octanol–water partition coefficient (Wildman–Crippen LogP) is 4.69. The number of pyridine rings is 1. The summed E-state index contributed by atoms with van der Waals surface area (Å²) >= 11 is 6.12. The molecule has 3 aromatic heterocycles. The molecule has 2 aliphatic rings. The van der Waals surface area contributed by atoms with Crippen molar-refractivity contribution >= 4 is 28.8 Å². The number of aromatic nitrogens is 5. The topological polar surface area (TPSA) is 77.5 Å². The molecule has 1 atom stereocenters. The monoisotopic (exact) mass is 484 g/mol. The number of carbonyl (C=O) groups is 1. The Hall–Kier alpha value is -3.53. The number of fused-ring (bicyclic) bond motifs is 2. The molecular formula is C23H19ClF2N6O2. The summed E-state index contributed by atoms with van der Waals surface area (Å²) in [5.74, 6) is -0.276. The molecule has 1 aromatic carbocycles. The van der Waals surface area contributed by atoms with E-state index >= 15 is 0 Å². The Morgan fingerprint density at radius 2 is 1.91 bits per heavy atom. The number of ether oxygens (including phenoxy) is 1. The average Bonchev–Trinajstić information content (AvgIpc) is 3.37. The molecule has 0 saturated heterocycles. The van der Waals surface area contributed by atoms with Crippen LogP contribution in [-0.2, 0) is 7.05 Å². The van der Waals surface area contributed by atoms with Crippen molar-refractivity contribution in [1.29, 1.82) is 0 Å². The Morgan fingerprint density at radius 1 is 1.18 bits per heavy atom. The fourth-order valence-electron chi connectivity index (χ4n) is 4.71. The number of aryl methyl sites for hydroxylation is 1. The molecule has 1 fully saturated rings. The molecule has 0 radical (unpaired) electrons. The lowest BCUT2D eigenvalue weighted by Gasteiger charge is -2.27. The molecule has 1 saturated carbocycles. The van der Waals surface area contributed by atoms with Gasteiger partial charge in [0.2, 0.25) is 11.5 Å². The van der Waals surface area contributed by atoms with Gasteiger partial charge in [-0.15, -0.1) is 10.2 Å². The third-order valence-corrected chi connectivity index (χ3v) is 6.65. The van der Waals surface area contributed by atoms with Gasteiger partial charge < -0.3 is 4.74 Å². The van der Waals surface area contributed by atoms with Crippen LogP contribution in [0.5, 0.6) is 5.75 Å². The van der Waals surface area contributed by atoms with Gasteiger partial charge in [-0.25, -0.2) is 8.78 Å². The molecule has 0 N–H and O–H groups in total. The van der Waals surface area contributed by atoms with Crippen molar-refractivity contribution in [2.24, 2.45) is 7.05 Å². The van der Waals surface area contributed by atoms with E-state index in [1.165, 1.54) is 17.7 Å². The standard InChI is InChI=1S/C23H19ClF2N6O2/c1-30-19-16(17(29-30)11-3-4-11)23(33)32(18(19)12-5-7-13(24)8-6-12)14-9-15(34-2)21-27-28-22(20(25)26)31(21)10-14/h5-11,18,20H,3-4H2,1-2H3. The Kier molecular flexibility index (Phi) is 4.63. The zero-order valence-electron chi connectivity index (χ0n) is 18.2. The van der Waals surface area contributed by atoms with Crippen LogP contribution in [0.4, 0.5) is 14.5 Å². The van der Waals surface area contributed by atoms with Crippen molar-refractivity contribution in [2.75, 3.05) is 12.0 Å². The molecule has 11 heteroatoms. The van der Waals surface area contributed by atoms with Gasteiger partial charge in [-0.3, -0.25) is 18.8 Å². The molecular weight excluding hydrogens is 466 g/mol. The number of nitrogens with zero attached hydrogens (tertiary/aromatic N) is 6. The highest BCUT2D eigenvalue weighted by Gasteiger charge is 2.47. The van der Waals surface area contributed by atoms with Crippen LogP contribution in [0.25, 0.3) is 5.65 Å². The van der Waals surface area contributed by atoms with Gasteiger partial charge in [0.05, 0.1) is 29.7 Å². The van der Waals surface area contributed by atoms with E-state index in [9.17, 15) is 13.6 Å². The van der Waals surface area contributed by atoms with E-state index in [1.54, 1.807) is 27.8 Å². The molecule has 1 aliphatic carbocycles. The van der Waals surface area contributed by atoms with Gasteiger partial charge in [-0.05, 0) is 30.5 Å². The lowest BCUT2D eigenvalue weighted by molar-refractivity contribution is 0.0992. The fourth-order valence-corrected chi connectivity index (χ4v) is 4.84. The van der Waals surface area contributed by atoms with Gasteiger partial charge in [0.1, 0.15) is 6.04 Å². The quantitative estimate of drug-likeness (QED) is 0.410. The molecule has 6 rings (SSSR count). The van der Waals surface area contributed by atoms with Crippen LogP contribution in [0.3, 0.4) is 0 Å². The van der Waals surface area contributed by atoms with Gasteiger partial charge in [-0.2, -0.15) is 5.10 Å². The average molecular weight is 485 g/mol. The number of benzene rings is 1. The Labute approximate surface area is 197 Å². The van der Waals surface area contributed by atoms with E-state index in [0.29, 0.717) is 16.3 Å². The van der Waals surface area contributed by atoms with Crippen molar-refractivity contribution in [2.45, 2.75) is 31.2 Å². The number of rotatable bonds is 5. The first-order valence-electron chi connectivity index (χ1n) is 10.8. The number of anilines is 1. The van der Waals surface area contributed by atoms with Crippen LogP contribution in [0.2, 0.25) is 5.02 Å². The van der Waals surface area contributed by atoms with Crippen LogP contribution >= 0.6 is 11.6 Å². The zero-order chi connectivity index (χ0) is 23.7. The smallest absolute Gasteiger partial charge is 0.297 e. The summed E-state index contributed by atoms with van der Waals surface area (Å²) in [5.41, 5.74) is 3.46. The van der Waals surface area contributed by atoms with E-state index in [4.69, 9.17) is 16.3 Å². The summed E-state index contributed by atoms with van der Waals surface area (Å²) in [6.07, 6.45) is 0.580. The summed E-state index contributed by atoms with van der Waals surface area (Å²) in [6, 6.07) is 8.31. The lowest BCUT2D eigenvalue weighted by Crippen LogP contribution is -2.30. The molecule has 1 aliphatic heterocycles. The second-order valence-electron chi connectivity index (χ2n) is 8.49. The van der Waals surface area contributed by atoms with Gasteiger partial charge >= 0.3 is 0 Å². The lowest BCUT2D eigenvalue weighted by atomic mass is 10.0. The maximum Gasteiger partial charge on any atom is 0.297 e. The number of alkyl halides is 2. The molecule has 1 unspecified atom stereocenters. The summed E-state index contributed by atoms with van der Waals surface area (Å²) < 4.78 is 35.6. The number of halogens is 3. The van der Waals surface area contributed by atoms with Crippen LogP contribution < -0.4 is 9.64 Å². The molecule has 0 spiro atoms. The number of methoxy groups -OCH3 is 1. The molecule has 0 bridgehead atoms. The van der Waals surface area contributed by atoms with E-state index in [1.807, 2.05) is 19.2 Å². The number of hydrogen-bond donors (Lipinski definition) is 0. The van der Waals surface area contributed by atoms with Crippen molar-refractivity contribution in [3.8, 4) is 5.75 Å². The van der Waals surface area contributed by atoms with Crippen molar-refractivity contribution in [3.05, 3.63) is 69.9 Å². The third kappa shape index (κ3) is 3.01. The zero-order valence-corrected chi connectivity index (χ0v) is 19.0. The van der Waals surface area contributed by atoms with E-state index in [0.717, 1.165) is 29.8 Å². The Balaban J connectivity index is 1.59. The predicted molar refractivity (Wildman–Crippen MR) is 120 cm³/mol. The Bertz CT molecular complexity index is 1440. The van der Waals surface area contributed by atoms with Gasteiger partial charge in [0.25, 0.3) is 12.3 Å². The van der Waals surface area contributed by atoms with Crippen molar-refractivity contribution in [1.82, 2.24) is 24.4 Å². The number of amides is 1. The molecule has 4 aromatic rings. The first-order valence-corrected chi connectivity index (χ1v) is 11.1. The number of carbonyl (C=O) groups excluding carboxylic acids is 1. The third-order valence-electron chi connectivity index (χ3n) is 6.39. The van der Waals surface area contributed by atoms with Crippen LogP contribution in [0, 0.1) is 0 Å². The Morgan fingerprint density at radius 3 is 2.56 bits per heavy atom. The fraction of sp³-hybridized carbons (Fsp3) is 0.304. The van der Waals surface area contributed by atoms with Crippen LogP contribution in [-0.4, -0.2) is 37.4 Å². The number of hydrogen-bond acceptors (Lipinski definition) is 5. The minimum atomic E-state index is -2.85. The van der Waals surface area contributed by atoms with Crippen molar-refractivity contribution in [3.63, 3.8) is 0 Å². The molecule has 4 heterocycles. The van der Waals surface area contributed by atoms with E-state index < -0.39 is 18.3 Å². The highest BCUT2D eigenvalue weighted by molar-refractivity contribution is 6.30. The second-order valence-corrected chi connectivity index (χ2v) is 8.93. The highest BCUT2D eigenvalue weighted by Crippen LogP contribution is 2.49. The SMILES string of the molecule is COc1cc(N2C(=O)c3c(C4CC4)nn(C)c3C2c2ccc(Cl)cc2)cn2c(C(F)F)nnc12. The molecule has 174 valence electrons. The summed E-state index contributed by atoms with van der Waals surface area (Å²) in [7, 11) is 3.24. The van der Waals surface area contributed by atoms with Gasteiger partial charge in [0, 0.05) is 30.3 Å². The van der Waals surface area contributed by atoms with E-state index in [-0.39, 0.29) is 23.2 Å². The van der Waals surface area contributed by atoms with Gasteiger partial charge in [0.15, 0.2) is 5.75 Å². The molecule has 34 heavy (non-hydrogen) atoms. The summed E-state index contributed by atoms with van der Waals surface area (Å²) in [5, 5.41) is 12.7. The maximum atomic E-state index is 13.9. The molecule has 8 nitrogen and oxygen atoms in total. The summed E-state index contributed by atoms with van der Waals surface area (Å²) in [4.78, 5) is 15.5. The van der Waals surface area contributed by atoms with Crippen LogP contribution in [0.1, 0.15) is 64.4 Å². The second kappa shape index (κ2) is 7.49. The van der Waals surface area contributed by atoms with Crippen molar-refractivity contribution < 1.29 is 18.3 Å². The van der Waals surface area contributed by atoms with Crippen LogP contribution in [0.15, 0.2) is 36.5 Å². The van der Waals surface area contributed by atoms with Gasteiger partial charge in [-0.1, -0.05) is 23.7 Å². The van der Waals surface area contributed by atoms with E-state index in [2.05, 4.69) is 15.3 Å². The largest absolute Gasteiger partial charge is 0.493 e. The minimum Gasteiger partial charge on any atom is -0.493 e.